The number of nitrogens with two attached hydrogens (primary N) is 1. The SMILES string of the molecule is N#Cc1nccc(NC2CCN(Cc3ccc(-n4c(-c5cccnc5N)nc5ccc(N6CCNC(=O)CC6)nc54)cc3)CC2)n1. The smallest absolute Gasteiger partial charge is 0.234 e. The van der Waals surface area contributed by atoms with Crippen LogP contribution in [0.3, 0.4) is 0 Å². The number of hydrogen-bond acceptors (Lipinski definition) is 11. The molecule has 6 heterocycles. The number of nitrogens with zero attached hydrogens (tertiary/aromatic N) is 9. The number of imidazole rings is 1. The van der Waals surface area contributed by atoms with E-state index in [2.05, 4.69) is 59.7 Å². The summed E-state index contributed by atoms with van der Waals surface area (Å²) >= 11 is 0. The van der Waals surface area contributed by atoms with Gasteiger partial charge in [-0.25, -0.2) is 24.9 Å². The Morgan fingerprint density at radius 1 is 0.957 bits per heavy atom. The van der Waals surface area contributed by atoms with Crippen molar-refractivity contribution in [1.82, 2.24) is 39.7 Å². The second-order valence-corrected chi connectivity index (χ2v) is 11.5. The molecule has 2 fully saturated rings. The Labute approximate surface area is 266 Å². The van der Waals surface area contributed by atoms with Gasteiger partial charge in [-0.15, -0.1) is 0 Å². The summed E-state index contributed by atoms with van der Waals surface area (Å²) in [6, 6.07) is 20.3. The van der Waals surface area contributed by atoms with Crippen LogP contribution in [0.15, 0.2) is 67.0 Å². The lowest BCUT2D eigenvalue weighted by atomic mass is 10.0. The van der Waals surface area contributed by atoms with Crippen LogP contribution in [-0.2, 0) is 11.3 Å². The van der Waals surface area contributed by atoms with Crippen LogP contribution in [0.1, 0.15) is 30.7 Å². The van der Waals surface area contributed by atoms with Gasteiger partial charge < -0.3 is 21.3 Å². The lowest BCUT2D eigenvalue weighted by Crippen LogP contribution is -2.38. The molecule has 0 atom stereocenters. The van der Waals surface area contributed by atoms with E-state index < -0.39 is 0 Å². The summed E-state index contributed by atoms with van der Waals surface area (Å²) in [7, 11) is 0. The number of likely N-dealkylation sites (tertiary alicyclic amines) is 1. The molecule has 0 bridgehead atoms. The topological polar surface area (TPSA) is 167 Å². The fraction of sp³-hybridized carbons (Fsp3) is 0.303. The van der Waals surface area contributed by atoms with Crippen LogP contribution in [0.5, 0.6) is 0 Å². The zero-order valence-electron chi connectivity index (χ0n) is 25.3. The molecule has 4 aromatic heterocycles. The lowest BCUT2D eigenvalue weighted by molar-refractivity contribution is -0.120. The Morgan fingerprint density at radius 3 is 2.61 bits per heavy atom. The van der Waals surface area contributed by atoms with Crippen LogP contribution < -0.4 is 21.3 Å². The van der Waals surface area contributed by atoms with Crippen LogP contribution >= 0.6 is 0 Å². The minimum Gasteiger partial charge on any atom is -0.383 e. The Balaban J connectivity index is 1.12. The van der Waals surface area contributed by atoms with Gasteiger partial charge in [-0.05, 0) is 60.9 Å². The molecule has 0 aliphatic carbocycles. The maximum Gasteiger partial charge on any atom is 0.234 e. The standard InChI is InChI=1S/C33H34N12O/c34-20-28-36-14-9-27(41-28)39-23-10-16-43(17-11-23)21-22-3-5-24(6-4-22)45-32(25-2-1-13-38-31(25)35)40-26-7-8-29(42-33(26)45)44-18-12-30(46)37-15-19-44/h1-9,13-14,23H,10-12,15-19,21H2,(H2,35,38)(H,37,46)(H,36,39,41). The van der Waals surface area contributed by atoms with Crippen molar-refractivity contribution in [2.75, 3.05) is 48.7 Å². The van der Waals surface area contributed by atoms with Crippen molar-refractivity contribution in [2.45, 2.75) is 31.8 Å². The number of nitrogens with one attached hydrogen (secondary N) is 2. The maximum atomic E-state index is 11.9. The van der Waals surface area contributed by atoms with Gasteiger partial charge in [0.1, 0.15) is 29.0 Å². The van der Waals surface area contributed by atoms with E-state index in [1.807, 2.05) is 34.9 Å². The highest BCUT2D eigenvalue weighted by molar-refractivity contribution is 5.84. The van der Waals surface area contributed by atoms with Gasteiger partial charge >= 0.3 is 0 Å². The zero-order chi connectivity index (χ0) is 31.5. The quantitative estimate of drug-likeness (QED) is 0.246. The van der Waals surface area contributed by atoms with Crippen molar-refractivity contribution < 1.29 is 4.79 Å². The molecular formula is C33H34N12O. The Kier molecular flexibility index (Phi) is 8.09. The number of nitrogen functional groups attached to an aromatic ring is 1. The highest BCUT2D eigenvalue weighted by Crippen LogP contribution is 2.32. The molecule has 13 nitrogen and oxygen atoms in total. The number of aromatic nitrogens is 6. The number of amides is 1. The number of carbonyl (C=O) groups excluding carboxylic acids is 1. The van der Waals surface area contributed by atoms with Gasteiger partial charge in [-0.2, -0.15) is 5.26 Å². The first-order valence-electron chi connectivity index (χ1n) is 15.5. The van der Waals surface area contributed by atoms with Gasteiger partial charge in [0, 0.05) is 69.8 Å². The van der Waals surface area contributed by atoms with Crippen LogP contribution in [0.25, 0.3) is 28.2 Å². The predicted molar refractivity (Wildman–Crippen MR) is 175 cm³/mol. The van der Waals surface area contributed by atoms with Crippen LogP contribution in [0.4, 0.5) is 17.5 Å². The number of hydrogen-bond donors (Lipinski definition) is 3. The number of carbonyl (C=O) groups is 1. The first-order chi connectivity index (χ1) is 22.5. The van der Waals surface area contributed by atoms with Crippen LogP contribution in [-0.4, -0.2) is 79.1 Å². The molecule has 0 spiro atoms. The third kappa shape index (κ3) is 6.15. The van der Waals surface area contributed by atoms with E-state index in [1.165, 1.54) is 5.56 Å². The van der Waals surface area contributed by atoms with Crippen LogP contribution in [0, 0.1) is 11.3 Å². The molecule has 2 aliphatic rings. The minimum atomic E-state index is 0.0569. The summed E-state index contributed by atoms with van der Waals surface area (Å²) in [5.74, 6) is 2.80. The number of anilines is 3. The second-order valence-electron chi connectivity index (χ2n) is 11.5. The average Bonchev–Trinajstić information content (AvgIpc) is 3.32. The van der Waals surface area contributed by atoms with Gasteiger partial charge in [0.2, 0.25) is 11.7 Å². The van der Waals surface area contributed by atoms with E-state index in [1.54, 1.807) is 18.5 Å². The number of piperidine rings is 1. The Morgan fingerprint density at radius 2 is 1.80 bits per heavy atom. The van der Waals surface area contributed by atoms with Crippen molar-refractivity contribution in [3.05, 3.63) is 78.4 Å². The first-order valence-corrected chi connectivity index (χ1v) is 15.5. The molecular weight excluding hydrogens is 580 g/mol. The molecule has 1 amide bonds. The average molecular weight is 615 g/mol. The monoisotopic (exact) mass is 614 g/mol. The van der Waals surface area contributed by atoms with Gasteiger partial charge in [-0.3, -0.25) is 14.3 Å². The third-order valence-corrected chi connectivity index (χ3v) is 8.50. The molecule has 232 valence electrons. The van der Waals surface area contributed by atoms with Crippen molar-refractivity contribution in [3.8, 4) is 23.1 Å². The molecule has 0 unspecified atom stereocenters. The lowest BCUT2D eigenvalue weighted by Gasteiger charge is -2.32. The number of rotatable bonds is 7. The number of benzene rings is 1. The highest BCUT2D eigenvalue weighted by atomic mass is 16.1. The van der Waals surface area contributed by atoms with Gasteiger partial charge in [-0.1, -0.05) is 12.1 Å². The summed E-state index contributed by atoms with van der Waals surface area (Å²) in [5.41, 5.74) is 10.7. The number of fused-ring (bicyclic) bond motifs is 1. The summed E-state index contributed by atoms with van der Waals surface area (Å²) in [6.07, 6.45) is 5.67. The third-order valence-electron chi connectivity index (χ3n) is 8.50. The largest absolute Gasteiger partial charge is 0.383 e. The number of nitriles is 1. The van der Waals surface area contributed by atoms with Gasteiger partial charge in [0.25, 0.3) is 0 Å². The maximum absolute atomic E-state index is 11.9. The zero-order valence-corrected chi connectivity index (χ0v) is 25.3. The molecule has 2 aliphatic heterocycles. The Bertz CT molecular complexity index is 1910. The molecule has 4 N–H and O–H groups in total. The van der Waals surface area contributed by atoms with Crippen molar-refractivity contribution in [2.24, 2.45) is 0 Å². The van der Waals surface area contributed by atoms with E-state index in [0.717, 1.165) is 55.1 Å². The molecule has 7 rings (SSSR count). The van der Waals surface area contributed by atoms with Crippen molar-refractivity contribution in [3.63, 3.8) is 0 Å². The first kappa shape index (κ1) is 29.1. The summed E-state index contributed by atoms with van der Waals surface area (Å²) in [5, 5.41) is 15.5. The fourth-order valence-electron chi connectivity index (χ4n) is 6.10. The van der Waals surface area contributed by atoms with E-state index in [-0.39, 0.29) is 11.7 Å². The molecule has 13 heteroatoms. The summed E-state index contributed by atoms with van der Waals surface area (Å²) in [6.45, 7) is 4.62. The molecule has 2 saturated heterocycles. The van der Waals surface area contributed by atoms with E-state index >= 15 is 0 Å². The molecule has 1 aromatic carbocycles. The van der Waals surface area contributed by atoms with Gasteiger partial charge in [0.15, 0.2) is 11.5 Å². The van der Waals surface area contributed by atoms with Crippen molar-refractivity contribution in [1.29, 1.82) is 5.26 Å². The van der Waals surface area contributed by atoms with E-state index in [0.29, 0.717) is 55.2 Å². The predicted octanol–water partition coefficient (Wildman–Crippen LogP) is 3.13. The van der Waals surface area contributed by atoms with Gasteiger partial charge in [0.05, 0.1) is 5.56 Å². The Hall–Kier alpha value is -5.61. The molecule has 0 saturated carbocycles. The molecule has 5 aromatic rings. The highest BCUT2D eigenvalue weighted by Gasteiger charge is 2.22. The minimum absolute atomic E-state index is 0.0569. The van der Waals surface area contributed by atoms with Crippen LogP contribution in [0.2, 0.25) is 0 Å². The fourth-order valence-corrected chi connectivity index (χ4v) is 6.10. The second kappa shape index (κ2) is 12.8. The van der Waals surface area contributed by atoms with Crippen molar-refractivity contribution >= 4 is 34.5 Å². The van der Waals surface area contributed by atoms with E-state index in [9.17, 15) is 4.79 Å². The normalized spacial score (nSPS) is 16.2. The van der Waals surface area contributed by atoms with E-state index in [4.69, 9.17) is 21.0 Å². The summed E-state index contributed by atoms with van der Waals surface area (Å²) < 4.78 is 2.04. The summed E-state index contributed by atoms with van der Waals surface area (Å²) in [4.78, 5) is 39.1. The number of pyridine rings is 2. The molecule has 46 heavy (non-hydrogen) atoms. The molecule has 0 radical (unpaired) electrons.